The zero-order chi connectivity index (χ0) is 75.1. The van der Waals surface area contributed by atoms with Crippen molar-refractivity contribution >= 4 is 36.2 Å². The molecule has 0 bridgehead atoms. The van der Waals surface area contributed by atoms with Crippen LogP contribution in [0.4, 0.5) is 0 Å². The van der Waals surface area contributed by atoms with E-state index in [4.69, 9.17) is 66.3 Å². The van der Waals surface area contributed by atoms with Crippen molar-refractivity contribution in [2.24, 2.45) is 50.2 Å². The van der Waals surface area contributed by atoms with E-state index in [1.165, 1.54) is 27.0 Å². The minimum Gasteiger partial charge on any atom is -0.497 e. The summed E-state index contributed by atoms with van der Waals surface area (Å²) in [6.45, 7) is 15.0. The smallest absolute Gasteiger partial charge is 0.337 e. The zero-order valence-electron chi connectivity index (χ0n) is 59.8. The topological polar surface area (TPSA) is 457 Å². The predicted molar refractivity (Wildman–Crippen MR) is 349 cm³/mol. The van der Waals surface area contributed by atoms with Crippen molar-refractivity contribution in [3.63, 3.8) is 0 Å². The van der Waals surface area contributed by atoms with E-state index in [0.29, 0.717) is 49.8 Å². The lowest BCUT2D eigenvalue weighted by molar-refractivity contribution is -0.391. The SMILES string of the molecule is COC(=O)[C@@H]1O[C@H](O[C@H]2CC[C@]3(C)[C@H]4CC=C5[C@@H]6CC(C)(C)CC[C@]6(C(=O)O[C@@H]6O[C@H](C)[C@H](OC(=O)/C=C\c7ccc(OC)cc7)[C@H](OC(C)=O)[C@H]6O[C@@H]6O[C@@H](C)[C@H](O)[C@@H](O)[C@H]6O)[C@H](O)C[C@@]5(C)[C@]4(C)CC[C@H]3[C@]2(C)C=O)[C@@H](O[C@@H]2O[C@H](CO)[C@H](O)[C@H](O)[C@H]2O)[C@H](O[C@H]2OC[C@H](O)[C@@H](O)[C@@H]2O)[C@H]1O. The van der Waals surface area contributed by atoms with E-state index in [9.17, 15) is 80.5 Å². The highest BCUT2D eigenvalue weighted by molar-refractivity contribution is 5.87. The van der Waals surface area contributed by atoms with Gasteiger partial charge in [-0.1, -0.05) is 65.3 Å². The van der Waals surface area contributed by atoms with Gasteiger partial charge in [-0.2, -0.15) is 0 Å². The van der Waals surface area contributed by atoms with Gasteiger partial charge in [0.15, 0.2) is 49.6 Å². The van der Waals surface area contributed by atoms with Crippen molar-refractivity contribution in [1.82, 2.24) is 0 Å². The minimum atomic E-state index is -2.09. The van der Waals surface area contributed by atoms with Crippen LogP contribution in [0.1, 0.15) is 126 Å². The van der Waals surface area contributed by atoms with Gasteiger partial charge in [0.05, 0.1) is 57.3 Å². The number of ether oxygens (including phenoxy) is 14. The van der Waals surface area contributed by atoms with Gasteiger partial charge in [-0.3, -0.25) is 9.59 Å². The molecular weight excluding hydrogens is 1360 g/mol. The Balaban J connectivity index is 0.894. The zero-order valence-corrected chi connectivity index (χ0v) is 59.8. The molecule has 31 heteroatoms. The molecule has 103 heavy (non-hydrogen) atoms. The number of esters is 4. The molecule has 10 aliphatic rings. The van der Waals surface area contributed by atoms with Crippen molar-refractivity contribution in [2.75, 3.05) is 27.4 Å². The highest BCUT2D eigenvalue weighted by Gasteiger charge is 2.73. The summed E-state index contributed by atoms with van der Waals surface area (Å²) in [6.07, 6.45) is -36.3. The van der Waals surface area contributed by atoms with E-state index in [0.717, 1.165) is 32.0 Å². The van der Waals surface area contributed by atoms with E-state index >= 15 is 4.79 Å². The second kappa shape index (κ2) is 30.3. The summed E-state index contributed by atoms with van der Waals surface area (Å²) in [5, 5.41) is 134. The number of aliphatic hydroxyl groups is 12. The summed E-state index contributed by atoms with van der Waals surface area (Å²) in [5.74, 6) is -4.55. The molecular formula is C72H104O31. The molecule has 0 radical (unpaired) electrons. The van der Waals surface area contributed by atoms with Crippen LogP contribution in [0.25, 0.3) is 6.08 Å². The highest BCUT2D eigenvalue weighted by atomic mass is 16.8. The lowest BCUT2D eigenvalue weighted by Crippen LogP contribution is -2.69. The third kappa shape index (κ3) is 14.2. The van der Waals surface area contributed by atoms with E-state index < -0.39 is 241 Å². The number of carbonyl (C=O) groups is 5. The average molecular weight is 1470 g/mol. The van der Waals surface area contributed by atoms with Gasteiger partial charge in [-0.25, -0.2) is 9.59 Å². The average Bonchev–Trinajstić information content (AvgIpc) is 0.669. The van der Waals surface area contributed by atoms with Crippen molar-refractivity contribution in [2.45, 2.75) is 280 Å². The number of rotatable bonds is 18. The van der Waals surface area contributed by atoms with Crippen LogP contribution in [0.3, 0.4) is 0 Å². The number of hydrogen-bond donors (Lipinski definition) is 12. The first kappa shape index (κ1) is 79.3. The van der Waals surface area contributed by atoms with Crippen LogP contribution in [-0.4, -0.2) is 279 Å². The fourth-order valence-electron chi connectivity index (χ4n) is 19.1. The first-order valence-corrected chi connectivity index (χ1v) is 35.6. The van der Waals surface area contributed by atoms with Crippen LogP contribution in [0.2, 0.25) is 0 Å². The monoisotopic (exact) mass is 1460 g/mol. The highest BCUT2D eigenvalue weighted by Crippen LogP contribution is 2.76. The van der Waals surface area contributed by atoms with Gasteiger partial charge in [-0.05, 0) is 135 Å². The van der Waals surface area contributed by atoms with Gasteiger partial charge in [0.2, 0.25) is 6.29 Å². The van der Waals surface area contributed by atoms with Gasteiger partial charge >= 0.3 is 23.9 Å². The number of fused-ring (bicyclic) bond motifs is 7. The van der Waals surface area contributed by atoms with Crippen molar-refractivity contribution in [1.29, 1.82) is 0 Å². The maximum Gasteiger partial charge on any atom is 0.337 e. The third-order valence-corrected chi connectivity index (χ3v) is 25.2. The lowest BCUT2D eigenvalue weighted by Gasteiger charge is -2.71. The summed E-state index contributed by atoms with van der Waals surface area (Å²) in [4.78, 5) is 70.9. The number of hydrogen-bond acceptors (Lipinski definition) is 31. The van der Waals surface area contributed by atoms with Crippen LogP contribution in [0.15, 0.2) is 42.0 Å². The quantitative estimate of drug-likeness (QED) is 0.0223. The third-order valence-electron chi connectivity index (χ3n) is 25.2. The molecule has 5 heterocycles. The molecule has 578 valence electrons. The maximum absolute atomic E-state index is 16.0. The number of methoxy groups -OCH3 is 2. The first-order chi connectivity index (χ1) is 48.5. The number of benzene rings is 1. The van der Waals surface area contributed by atoms with E-state index in [1.54, 1.807) is 31.2 Å². The Bertz CT molecular complexity index is 3260. The van der Waals surface area contributed by atoms with Crippen molar-refractivity contribution in [3.05, 3.63) is 47.6 Å². The second-order valence-electron chi connectivity index (χ2n) is 31.7. The second-order valence-corrected chi connectivity index (χ2v) is 31.7. The summed E-state index contributed by atoms with van der Waals surface area (Å²) in [5.41, 5.74) is -4.07. The molecule has 12 N–H and O–H groups in total. The minimum absolute atomic E-state index is 0.0588. The van der Waals surface area contributed by atoms with Crippen LogP contribution in [-0.2, 0) is 85.6 Å². The molecule has 5 aliphatic carbocycles. The molecule has 0 aromatic heterocycles. The Kier molecular flexibility index (Phi) is 23.3. The fraction of sp³-hybridized carbons (Fsp3) is 0.792. The first-order valence-electron chi connectivity index (χ1n) is 35.6. The molecule has 0 unspecified atom stereocenters. The normalized spacial score (nSPS) is 48.1. The molecule has 0 amide bonds. The molecule has 5 aliphatic heterocycles. The summed E-state index contributed by atoms with van der Waals surface area (Å²) >= 11 is 0. The van der Waals surface area contributed by atoms with Crippen LogP contribution < -0.4 is 4.74 Å². The van der Waals surface area contributed by atoms with Gasteiger partial charge < -0.3 is 132 Å². The largest absolute Gasteiger partial charge is 0.497 e. The molecule has 34 atom stereocenters. The number of aliphatic hydroxyl groups excluding tert-OH is 12. The van der Waals surface area contributed by atoms with Crippen LogP contribution in [0.5, 0.6) is 5.75 Å². The Morgan fingerprint density at radius 3 is 1.87 bits per heavy atom. The van der Waals surface area contributed by atoms with E-state index in [2.05, 4.69) is 40.7 Å². The summed E-state index contributed by atoms with van der Waals surface area (Å²) in [6, 6.07) is 6.80. The van der Waals surface area contributed by atoms with Crippen LogP contribution in [0, 0.1) is 50.2 Å². The van der Waals surface area contributed by atoms with Gasteiger partial charge in [0.25, 0.3) is 0 Å². The fourth-order valence-corrected chi connectivity index (χ4v) is 19.1. The van der Waals surface area contributed by atoms with Gasteiger partial charge in [0.1, 0.15) is 96.8 Å². The van der Waals surface area contributed by atoms with Gasteiger partial charge in [0, 0.05) is 13.0 Å². The van der Waals surface area contributed by atoms with Gasteiger partial charge in [-0.15, -0.1) is 0 Å². The molecule has 1 aromatic carbocycles. The molecule has 31 nitrogen and oxygen atoms in total. The molecule has 5 saturated heterocycles. The Morgan fingerprint density at radius 2 is 1.23 bits per heavy atom. The molecule has 11 rings (SSSR count). The predicted octanol–water partition coefficient (Wildman–Crippen LogP) is -0.343. The maximum atomic E-state index is 16.0. The molecule has 9 fully saturated rings. The molecule has 1 aromatic rings. The lowest BCUT2D eigenvalue weighted by atomic mass is 9.33. The number of allylic oxidation sites excluding steroid dienone is 2. The standard InChI is InChI=1S/C72H104O31/c1-31-45(79)48(82)51(85)62(93-31)102-59-57(95-33(3)75)54(98-44(78)19-14-34-12-15-35(90-10)16-13-34)32(2)94-64(59)103-66(89)72-25-24-67(4,5)26-37(72)36-17-18-41-68(6)22-21-43(69(7,30-74)40(68)20-23-70(41,8)71(36,9)27-42(72)77)97-65-58(101-63-52(86)49(83)47(81)39(28-73)96-63)55(53(87)56(100-65)60(88)91-11)99-61-50(84)46(80)38(76)29-92-61/h12-17,19,30-32,37-43,45-59,61-65,73,76-77,79-87H,18,20-29H2,1-11H3/b19-14-/t31-,32+,37-,38-,39+,40+,41+,42+,43-,45-,46+,47-,48+,49-,50-,51+,52+,53+,54-,55+,56+,57-,58-,59+,61+,62-,63-,64-,65-,68-,69-,70+,71+,72+/m0/s1. The Labute approximate surface area is 596 Å². The molecule has 4 saturated carbocycles. The van der Waals surface area contributed by atoms with E-state index in [1.807, 2.05) is 0 Å². The van der Waals surface area contributed by atoms with Crippen molar-refractivity contribution < 1.29 is 152 Å². The Hall–Kier alpha value is -4.79. The van der Waals surface area contributed by atoms with Crippen LogP contribution >= 0.6 is 0 Å². The van der Waals surface area contributed by atoms with Crippen molar-refractivity contribution in [3.8, 4) is 5.75 Å². The number of aldehydes is 1. The number of carbonyl (C=O) groups excluding carboxylic acids is 5. The molecule has 0 spiro atoms. The Morgan fingerprint density at radius 1 is 0.602 bits per heavy atom. The summed E-state index contributed by atoms with van der Waals surface area (Å²) < 4.78 is 84.4. The summed E-state index contributed by atoms with van der Waals surface area (Å²) in [7, 11) is 2.53. The van der Waals surface area contributed by atoms with E-state index in [-0.39, 0.29) is 25.2 Å².